The molecule has 2 aromatic heterocycles. The van der Waals surface area contributed by atoms with Gasteiger partial charge in [-0.1, -0.05) is 23.4 Å². The van der Waals surface area contributed by atoms with Crippen molar-refractivity contribution in [2.45, 2.75) is 0 Å². The highest BCUT2D eigenvalue weighted by Crippen LogP contribution is 2.21. The molecule has 4 nitrogen and oxygen atoms in total. The molecular weight excluding hydrogens is 202 g/mol. The standard InChI is InChI=1S/C9H6ClN3O/c10-8-7-6(2-1-3-14)4-11-9(7)13-5-12-8/h4-5,14H,3H2,(H,11,12,13). The monoisotopic (exact) mass is 207 g/mol. The lowest BCUT2D eigenvalue weighted by atomic mass is 10.2. The summed E-state index contributed by atoms with van der Waals surface area (Å²) in [6.45, 7) is -0.183. The summed E-state index contributed by atoms with van der Waals surface area (Å²) in [4.78, 5) is 10.8. The molecule has 0 aliphatic heterocycles. The number of hydrogen-bond acceptors (Lipinski definition) is 3. The minimum absolute atomic E-state index is 0.183. The lowest BCUT2D eigenvalue weighted by molar-refractivity contribution is 0.350. The molecule has 0 aromatic carbocycles. The number of halogens is 1. The zero-order valence-electron chi connectivity index (χ0n) is 7.08. The minimum Gasteiger partial charge on any atom is -0.384 e. The number of aromatic nitrogens is 3. The molecule has 2 heterocycles. The summed E-state index contributed by atoms with van der Waals surface area (Å²) in [5, 5.41) is 9.61. The van der Waals surface area contributed by atoms with E-state index in [1.165, 1.54) is 6.33 Å². The molecule has 0 bridgehead atoms. The van der Waals surface area contributed by atoms with E-state index in [9.17, 15) is 0 Å². The highest BCUT2D eigenvalue weighted by molar-refractivity contribution is 6.34. The predicted molar refractivity (Wildman–Crippen MR) is 52.9 cm³/mol. The fourth-order valence-electron chi connectivity index (χ4n) is 1.16. The topological polar surface area (TPSA) is 61.8 Å². The fourth-order valence-corrected chi connectivity index (χ4v) is 1.39. The summed E-state index contributed by atoms with van der Waals surface area (Å²) in [6, 6.07) is 0. The first-order valence-electron chi connectivity index (χ1n) is 3.90. The molecule has 2 N–H and O–H groups in total. The summed E-state index contributed by atoms with van der Waals surface area (Å²) in [6.07, 6.45) is 3.07. The number of aromatic amines is 1. The van der Waals surface area contributed by atoms with Gasteiger partial charge in [0.25, 0.3) is 0 Å². The maximum atomic E-state index is 8.56. The Morgan fingerprint density at radius 2 is 2.36 bits per heavy atom. The van der Waals surface area contributed by atoms with E-state index in [4.69, 9.17) is 16.7 Å². The second kappa shape index (κ2) is 3.66. The number of aliphatic hydroxyl groups is 1. The SMILES string of the molecule is OCC#Cc1c[nH]c2ncnc(Cl)c12. The van der Waals surface area contributed by atoms with E-state index in [0.29, 0.717) is 21.7 Å². The van der Waals surface area contributed by atoms with Crippen molar-refractivity contribution in [3.05, 3.63) is 23.2 Å². The Kier molecular flexibility index (Phi) is 2.35. The molecule has 0 saturated carbocycles. The van der Waals surface area contributed by atoms with Crippen LogP contribution in [0.3, 0.4) is 0 Å². The molecule has 70 valence electrons. The van der Waals surface area contributed by atoms with E-state index < -0.39 is 0 Å². The van der Waals surface area contributed by atoms with Gasteiger partial charge in [0.05, 0.1) is 10.9 Å². The van der Waals surface area contributed by atoms with Crippen molar-refractivity contribution in [2.75, 3.05) is 6.61 Å². The number of nitrogens with one attached hydrogen (secondary N) is 1. The summed E-state index contributed by atoms with van der Waals surface area (Å²) < 4.78 is 0. The lowest BCUT2D eigenvalue weighted by Crippen LogP contribution is -1.82. The summed E-state index contributed by atoms with van der Waals surface area (Å²) in [5.41, 5.74) is 1.34. The lowest BCUT2D eigenvalue weighted by Gasteiger charge is -1.91. The zero-order valence-corrected chi connectivity index (χ0v) is 7.84. The molecule has 14 heavy (non-hydrogen) atoms. The Labute approximate surface area is 85.0 Å². The van der Waals surface area contributed by atoms with Crippen LogP contribution in [0.15, 0.2) is 12.5 Å². The summed E-state index contributed by atoms with van der Waals surface area (Å²) in [7, 11) is 0. The van der Waals surface area contributed by atoms with Gasteiger partial charge in [0.15, 0.2) is 0 Å². The first-order chi connectivity index (χ1) is 6.83. The third-order valence-corrected chi connectivity index (χ3v) is 2.01. The minimum atomic E-state index is -0.183. The molecule has 0 atom stereocenters. The molecule has 0 amide bonds. The van der Waals surface area contributed by atoms with Gasteiger partial charge in [-0.2, -0.15) is 0 Å². The van der Waals surface area contributed by atoms with E-state index in [1.54, 1.807) is 6.20 Å². The van der Waals surface area contributed by atoms with Gasteiger partial charge in [0.2, 0.25) is 0 Å². The van der Waals surface area contributed by atoms with Crippen LogP contribution >= 0.6 is 11.6 Å². The van der Waals surface area contributed by atoms with Gasteiger partial charge in [-0.3, -0.25) is 0 Å². The molecule has 0 spiro atoms. The number of fused-ring (bicyclic) bond motifs is 1. The molecule has 0 saturated heterocycles. The van der Waals surface area contributed by atoms with Crippen LogP contribution in [0, 0.1) is 11.8 Å². The normalized spacial score (nSPS) is 9.86. The molecule has 2 aromatic rings. The zero-order chi connectivity index (χ0) is 9.97. The summed E-state index contributed by atoms with van der Waals surface area (Å²) in [5.74, 6) is 5.30. The van der Waals surface area contributed by atoms with Crippen molar-refractivity contribution in [1.82, 2.24) is 15.0 Å². The molecule has 0 unspecified atom stereocenters. The Morgan fingerprint density at radius 1 is 1.50 bits per heavy atom. The van der Waals surface area contributed by atoms with Gasteiger partial charge in [-0.25, -0.2) is 9.97 Å². The highest BCUT2D eigenvalue weighted by Gasteiger charge is 2.06. The maximum Gasteiger partial charge on any atom is 0.143 e. The van der Waals surface area contributed by atoms with Crippen molar-refractivity contribution in [3.8, 4) is 11.8 Å². The first kappa shape index (κ1) is 9.00. The van der Waals surface area contributed by atoms with Gasteiger partial charge < -0.3 is 10.1 Å². The molecule has 0 radical (unpaired) electrons. The van der Waals surface area contributed by atoms with Gasteiger partial charge in [0.1, 0.15) is 23.7 Å². The van der Waals surface area contributed by atoms with Gasteiger partial charge >= 0.3 is 0 Å². The second-order valence-corrected chi connectivity index (χ2v) is 2.91. The van der Waals surface area contributed by atoms with Crippen LogP contribution in [-0.4, -0.2) is 26.7 Å². The van der Waals surface area contributed by atoms with Crippen LogP contribution in [0.1, 0.15) is 5.56 Å². The molecule has 0 fully saturated rings. The van der Waals surface area contributed by atoms with Gasteiger partial charge in [0, 0.05) is 6.20 Å². The average Bonchev–Trinajstić information content (AvgIpc) is 2.59. The average molecular weight is 208 g/mol. The smallest absolute Gasteiger partial charge is 0.143 e. The van der Waals surface area contributed by atoms with E-state index in [2.05, 4.69) is 26.8 Å². The Hall–Kier alpha value is -1.57. The fraction of sp³-hybridized carbons (Fsp3) is 0.111. The summed E-state index contributed by atoms with van der Waals surface area (Å²) >= 11 is 5.88. The number of rotatable bonds is 0. The van der Waals surface area contributed by atoms with Crippen LogP contribution in [0.2, 0.25) is 5.15 Å². The van der Waals surface area contributed by atoms with Crippen LogP contribution in [0.5, 0.6) is 0 Å². The number of H-pyrrole nitrogens is 1. The third-order valence-electron chi connectivity index (χ3n) is 1.73. The first-order valence-corrected chi connectivity index (χ1v) is 4.28. The van der Waals surface area contributed by atoms with E-state index in [-0.39, 0.29) is 6.61 Å². The Morgan fingerprint density at radius 3 is 3.14 bits per heavy atom. The Balaban J connectivity index is 2.67. The van der Waals surface area contributed by atoms with Crippen LogP contribution in [0.25, 0.3) is 11.0 Å². The van der Waals surface area contributed by atoms with Crippen LogP contribution in [0.4, 0.5) is 0 Å². The largest absolute Gasteiger partial charge is 0.384 e. The second-order valence-electron chi connectivity index (χ2n) is 2.55. The molecule has 0 aliphatic carbocycles. The van der Waals surface area contributed by atoms with Gasteiger partial charge in [-0.05, 0) is 0 Å². The number of aliphatic hydroxyl groups excluding tert-OH is 1. The highest BCUT2D eigenvalue weighted by atomic mass is 35.5. The predicted octanol–water partition coefficient (Wildman–Crippen LogP) is 0.955. The van der Waals surface area contributed by atoms with Crippen molar-refractivity contribution in [2.24, 2.45) is 0 Å². The van der Waals surface area contributed by atoms with Crippen molar-refractivity contribution in [1.29, 1.82) is 0 Å². The number of hydrogen-bond donors (Lipinski definition) is 2. The quantitative estimate of drug-likeness (QED) is 0.500. The Bertz CT molecular complexity index is 524. The van der Waals surface area contributed by atoms with Crippen LogP contribution in [-0.2, 0) is 0 Å². The van der Waals surface area contributed by atoms with Gasteiger partial charge in [-0.15, -0.1) is 0 Å². The maximum absolute atomic E-state index is 8.56. The van der Waals surface area contributed by atoms with Crippen molar-refractivity contribution >= 4 is 22.6 Å². The molecular formula is C9H6ClN3O. The van der Waals surface area contributed by atoms with Crippen molar-refractivity contribution in [3.63, 3.8) is 0 Å². The van der Waals surface area contributed by atoms with Crippen molar-refractivity contribution < 1.29 is 5.11 Å². The third kappa shape index (κ3) is 1.43. The molecule has 2 rings (SSSR count). The van der Waals surface area contributed by atoms with E-state index in [1.807, 2.05) is 0 Å². The van der Waals surface area contributed by atoms with Crippen LogP contribution < -0.4 is 0 Å². The number of nitrogens with zero attached hydrogens (tertiary/aromatic N) is 2. The molecule has 5 heteroatoms. The van der Waals surface area contributed by atoms with E-state index >= 15 is 0 Å². The van der Waals surface area contributed by atoms with E-state index in [0.717, 1.165) is 0 Å². The molecule has 0 aliphatic rings.